The second-order valence-electron chi connectivity index (χ2n) is 7.31. The van der Waals surface area contributed by atoms with Gasteiger partial charge in [0.15, 0.2) is 5.82 Å². The lowest BCUT2D eigenvalue weighted by atomic mass is 10.2. The number of carbonyl (C=O) groups is 1. The van der Waals surface area contributed by atoms with E-state index in [-0.39, 0.29) is 5.91 Å². The van der Waals surface area contributed by atoms with Crippen LogP contribution in [-0.2, 0) is 4.79 Å². The zero-order valence-electron chi connectivity index (χ0n) is 16.3. The van der Waals surface area contributed by atoms with E-state index in [4.69, 9.17) is 4.98 Å². The van der Waals surface area contributed by atoms with Crippen LogP contribution in [0.5, 0.6) is 0 Å². The molecule has 0 saturated carbocycles. The van der Waals surface area contributed by atoms with Gasteiger partial charge in [-0.15, -0.1) is 0 Å². The van der Waals surface area contributed by atoms with Crippen molar-refractivity contribution in [1.82, 2.24) is 25.1 Å². The third kappa shape index (κ3) is 4.66. The molecule has 7 nitrogen and oxygen atoms in total. The van der Waals surface area contributed by atoms with Crippen LogP contribution in [0.3, 0.4) is 0 Å². The topological polar surface area (TPSA) is 64.6 Å². The van der Waals surface area contributed by atoms with E-state index in [0.717, 1.165) is 76.1 Å². The molecule has 1 aromatic carbocycles. The van der Waals surface area contributed by atoms with E-state index >= 15 is 0 Å². The maximum absolute atomic E-state index is 12.3. The second-order valence-corrected chi connectivity index (χ2v) is 7.31. The maximum atomic E-state index is 12.3. The van der Waals surface area contributed by atoms with Crippen molar-refractivity contribution in [2.24, 2.45) is 0 Å². The second kappa shape index (κ2) is 9.12. The molecular weight excluding hydrogens is 352 g/mol. The van der Waals surface area contributed by atoms with Crippen LogP contribution in [0.1, 0.15) is 6.42 Å². The molecule has 0 spiro atoms. The van der Waals surface area contributed by atoms with Crippen LogP contribution in [0.2, 0.25) is 0 Å². The molecule has 28 heavy (non-hydrogen) atoms. The van der Waals surface area contributed by atoms with Gasteiger partial charge in [0.25, 0.3) is 0 Å². The van der Waals surface area contributed by atoms with Gasteiger partial charge in [-0.2, -0.15) is 0 Å². The minimum Gasteiger partial charge on any atom is -0.354 e. The van der Waals surface area contributed by atoms with Gasteiger partial charge in [0.05, 0.1) is 0 Å². The van der Waals surface area contributed by atoms with Crippen molar-refractivity contribution in [3.05, 3.63) is 42.6 Å². The lowest BCUT2D eigenvalue weighted by Gasteiger charge is -2.36. The van der Waals surface area contributed by atoms with Crippen molar-refractivity contribution in [2.75, 3.05) is 63.8 Å². The SMILES string of the molecule is O=C(CCN1CCN(c2ccnc(-c3ccccc3)n2)CC1)N1CCNCC1. The van der Waals surface area contributed by atoms with Gasteiger partial charge in [-0.1, -0.05) is 30.3 Å². The fourth-order valence-electron chi connectivity index (χ4n) is 3.78. The molecule has 2 aliphatic heterocycles. The van der Waals surface area contributed by atoms with Crippen LogP contribution in [0.25, 0.3) is 11.4 Å². The molecule has 0 bridgehead atoms. The van der Waals surface area contributed by atoms with Crippen molar-refractivity contribution in [1.29, 1.82) is 0 Å². The lowest BCUT2D eigenvalue weighted by molar-refractivity contribution is -0.132. The zero-order chi connectivity index (χ0) is 19.2. The standard InChI is InChI=1S/C21H28N6O/c28-20(27-12-9-22-10-13-27)7-11-25-14-16-26(17-15-25)19-6-8-23-21(24-19)18-4-2-1-3-5-18/h1-6,8,22H,7,9-17H2. The molecule has 0 aliphatic carbocycles. The molecule has 4 rings (SSSR count). The molecule has 0 atom stereocenters. The number of anilines is 1. The number of benzene rings is 1. The zero-order valence-corrected chi connectivity index (χ0v) is 16.3. The lowest BCUT2D eigenvalue weighted by Crippen LogP contribution is -2.49. The first-order valence-electron chi connectivity index (χ1n) is 10.1. The van der Waals surface area contributed by atoms with E-state index < -0.39 is 0 Å². The molecule has 1 aromatic heterocycles. The van der Waals surface area contributed by atoms with Crippen LogP contribution >= 0.6 is 0 Å². The molecule has 148 valence electrons. The number of carbonyl (C=O) groups excluding carboxylic acids is 1. The Balaban J connectivity index is 1.28. The van der Waals surface area contributed by atoms with E-state index in [1.165, 1.54) is 0 Å². The van der Waals surface area contributed by atoms with E-state index in [9.17, 15) is 4.79 Å². The van der Waals surface area contributed by atoms with Crippen LogP contribution in [0, 0.1) is 0 Å². The molecule has 0 unspecified atom stereocenters. The summed E-state index contributed by atoms with van der Waals surface area (Å²) in [7, 11) is 0. The van der Waals surface area contributed by atoms with E-state index in [1.807, 2.05) is 47.5 Å². The molecule has 2 saturated heterocycles. The summed E-state index contributed by atoms with van der Waals surface area (Å²) < 4.78 is 0. The Bertz CT molecular complexity index is 769. The summed E-state index contributed by atoms with van der Waals surface area (Å²) in [5, 5.41) is 3.29. The largest absolute Gasteiger partial charge is 0.354 e. The van der Waals surface area contributed by atoms with Gasteiger partial charge < -0.3 is 15.1 Å². The Morgan fingerprint density at radius 1 is 0.964 bits per heavy atom. The summed E-state index contributed by atoms with van der Waals surface area (Å²) in [5.41, 5.74) is 1.04. The van der Waals surface area contributed by atoms with Crippen LogP contribution < -0.4 is 10.2 Å². The van der Waals surface area contributed by atoms with E-state index in [2.05, 4.69) is 20.1 Å². The highest BCUT2D eigenvalue weighted by Gasteiger charge is 2.21. The molecule has 3 heterocycles. The Morgan fingerprint density at radius 3 is 2.46 bits per heavy atom. The first-order valence-corrected chi connectivity index (χ1v) is 10.1. The summed E-state index contributed by atoms with van der Waals surface area (Å²) in [5.74, 6) is 2.03. The van der Waals surface area contributed by atoms with Gasteiger partial charge in [-0.25, -0.2) is 9.97 Å². The molecule has 1 amide bonds. The normalized spacial score (nSPS) is 18.3. The number of nitrogens with one attached hydrogen (secondary N) is 1. The number of piperazine rings is 2. The first-order chi connectivity index (χ1) is 13.8. The molecule has 1 N–H and O–H groups in total. The van der Waals surface area contributed by atoms with Crippen molar-refractivity contribution in [3.63, 3.8) is 0 Å². The molecule has 2 aromatic rings. The minimum absolute atomic E-state index is 0.284. The van der Waals surface area contributed by atoms with Crippen LogP contribution in [0.4, 0.5) is 5.82 Å². The van der Waals surface area contributed by atoms with E-state index in [1.54, 1.807) is 0 Å². The number of rotatable bonds is 5. The predicted molar refractivity (Wildman–Crippen MR) is 110 cm³/mol. The van der Waals surface area contributed by atoms with Crippen molar-refractivity contribution in [3.8, 4) is 11.4 Å². The van der Waals surface area contributed by atoms with Crippen molar-refractivity contribution < 1.29 is 4.79 Å². The van der Waals surface area contributed by atoms with Crippen LogP contribution in [0.15, 0.2) is 42.6 Å². The molecule has 2 aliphatic rings. The Kier molecular flexibility index (Phi) is 6.14. The number of nitrogens with zero attached hydrogens (tertiary/aromatic N) is 5. The highest BCUT2D eigenvalue weighted by atomic mass is 16.2. The third-order valence-corrected chi connectivity index (χ3v) is 5.48. The highest BCUT2D eigenvalue weighted by Crippen LogP contribution is 2.19. The average molecular weight is 380 g/mol. The van der Waals surface area contributed by atoms with Crippen LogP contribution in [-0.4, -0.2) is 84.6 Å². The van der Waals surface area contributed by atoms with Gasteiger partial charge in [0.2, 0.25) is 5.91 Å². The Hall–Kier alpha value is -2.51. The highest BCUT2D eigenvalue weighted by molar-refractivity contribution is 5.76. The minimum atomic E-state index is 0.284. The summed E-state index contributed by atoms with van der Waals surface area (Å²) in [4.78, 5) is 28.2. The monoisotopic (exact) mass is 380 g/mol. The average Bonchev–Trinajstić information content (AvgIpc) is 2.79. The van der Waals surface area contributed by atoms with Crippen molar-refractivity contribution >= 4 is 11.7 Å². The summed E-state index contributed by atoms with van der Waals surface area (Å²) in [6, 6.07) is 12.1. The maximum Gasteiger partial charge on any atom is 0.223 e. The Labute approximate surface area is 166 Å². The number of aromatic nitrogens is 2. The number of amides is 1. The van der Waals surface area contributed by atoms with Gasteiger partial charge in [0.1, 0.15) is 5.82 Å². The van der Waals surface area contributed by atoms with Gasteiger partial charge in [-0.3, -0.25) is 9.69 Å². The third-order valence-electron chi connectivity index (χ3n) is 5.48. The van der Waals surface area contributed by atoms with Gasteiger partial charge >= 0.3 is 0 Å². The molecule has 2 fully saturated rings. The smallest absolute Gasteiger partial charge is 0.223 e. The molecule has 7 heteroatoms. The number of hydrogen-bond acceptors (Lipinski definition) is 6. The molecule has 0 radical (unpaired) electrons. The summed E-state index contributed by atoms with van der Waals surface area (Å²) in [6.07, 6.45) is 2.45. The van der Waals surface area contributed by atoms with E-state index in [0.29, 0.717) is 6.42 Å². The summed E-state index contributed by atoms with van der Waals surface area (Å²) >= 11 is 0. The Morgan fingerprint density at radius 2 is 1.71 bits per heavy atom. The van der Waals surface area contributed by atoms with Crippen molar-refractivity contribution in [2.45, 2.75) is 6.42 Å². The quantitative estimate of drug-likeness (QED) is 0.838. The van der Waals surface area contributed by atoms with Gasteiger partial charge in [-0.05, 0) is 6.07 Å². The summed E-state index contributed by atoms with van der Waals surface area (Å²) in [6.45, 7) is 8.10. The fraction of sp³-hybridized carbons (Fsp3) is 0.476. The van der Waals surface area contributed by atoms with Gasteiger partial charge in [0, 0.05) is 77.1 Å². The number of hydrogen-bond donors (Lipinski definition) is 1. The molecular formula is C21H28N6O. The predicted octanol–water partition coefficient (Wildman–Crippen LogP) is 1.09. The fourth-order valence-corrected chi connectivity index (χ4v) is 3.78. The first kappa shape index (κ1) is 18.8.